The van der Waals surface area contributed by atoms with Gasteiger partial charge in [0.05, 0.1) is 11.3 Å². The third-order valence-corrected chi connectivity index (χ3v) is 6.37. The molecule has 0 radical (unpaired) electrons. The minimum Gasteiger partial charge on any atom is -0.305 e. The summed E-state index contributed by atoms with van der Waals surface area (Å²) in [5.74, 6) is -3.15. The van der Waals surface area contributed by atoms with Crippen molar-refractivity contribution >= 4 is 5.91 Å². The van der Waals surface area contributed by atoms with Gasteiger partial charge in [0.15, 0.2) is 0 Å². The van der Waals surface area contributed by atoms with Crippen LogP contribution >= 0.6 is 0 Å². The maximum atomic E-state index is 14.5. The first-order valence-corrected chi connectivity index (χ1v) is 9.06. The number of fused-ring (bicyclic) bond motifs is 1. The average Bonchev–Trinajstić information content (AvgIpc) is 2.60. The molecule has 1 amide bonds. The molecule has 0 aromatic carbocycles. The normalized spacial score (nSPS) is 31.3. The van der Waals surface area contributed by atoms with E-state index in [2.05, 4.69) is 9.88 Å². The number of carbonyl (C=O) groups excluding carboxylic acids is 1. The number of hydroxylamine groups is 1. The molecule has 26 heavy (non-hydrogen) atoms. The number of piperidine rings is 1. The van der Waals surface area contributed by atoms with Gasteiger partial charge in [-0.25, -0.2) is 14.3 Å². The maximum absolute atomic E-state index is 14.5. The minimum absolute atomic E-state index is 0.0453. The zero-order chi connectivity index (χ0) is 18.5. The molecule has 2 fully saturated rings. The molecular formula is C18H24F2N4O2. The van der Waals surface area contributed by atoms with E-state index in [9.17, 15) is 13.6 Å². The number of carbonyl (C=O) groups is 1. The Kier molecular flexibility index (Phi) is 4.24. The van der Waals surface area contributed by atoms with Crippen molar-refractivity contribution in [1.29, 1.82) is 0 Å². The van der Waals surface area contributed by atoms with Crippen molar-refractivity contribution in [3.05, 3.63) is 29.1 Å². The second-order valence-electron chi connectivity index (χ2n) is 8.03. The van der Waals surface area contributed by atoms with E-state index >= 15 is 0 Å². The van der Waals surface area contributed by atoms with Gasteiger partial charge in [-0.1, -0.05) is 0 Å². The Labute approximate surface area is 151 Å². The molecule has 2 aliphatic heterocycles. The summed E-state index contributed by atoms with van der Waals surface area (Å²) in [5, 5.41) is 8.73. The highest BCUT2D eigenvalue weighted by molar-refractivity contribution is 5.93. The first kappa shape index (κ1) is 17.8. The fourth-order valence-electron chi connectivity index (χ4n) is 4.77. The van der Waals surface area contributed by atoms with Gasteiger partial charge in [-0.3, -0.25) is 19.9 Å². The van der Waals surface area contributed by atoms with Crippen LogP contribution in [0, 0.1) is 5.41 Å². The second kappa shape index (κ2) is 6.21. The van der Waals surface area contributed by atoms with Gasteiger partial charge in [-0.05, 0) is 37.9 Å². The number of halogens is 2. The Morgan fingerprint density at radius 2 is 2.15 bits per heavy atom. The van der Waals surface area contributed by atoms with Crippen molar-refractivity contribution in [2.24, 2.45) is 5.41 Å². The first-order valence-electron chi connectivity index (χ1n) is 9.06. The summed E-state index contributed by atoms with van der Waals surface area (Å²) < 4.78 is 29.0. The molecule has 3 aliphatic rings. The highest BCUT2D eigenvalue weighted by Gasteiger charge is 2.63. The van der Waals surface area contributed by atoms with Crippen LogP contribution in [0.2, 0.25) is 0 Å². The van der Waals surface area contributed by atoms with Gasteiger partial charge in [-0.15, -0.1) is 0 Å². The third kappa shape index (κ3) is 2.80. The highest BCUT2D eigenvalue weighted by Crippen LogP contribution is 2.57. The summed E-state index contributed by atoms with van der Waals surface area (Å²) >= 11 is 0. The molecule has 0 atom stereocenters. The Bertz CT molecular complexity index is 721. The quantitative estimate of drug-likeness (QED) is 0.616. The predicted octanol–water partition coefficient (Wildman–Crippen LogP) is 1.68. The number of aromatic nitrogens is 1. The monoisotopic (exact) mass is 366 g/mol. The lowest BCUT2D eigenvalue weighted by molar-refractivity contribution is -0.219. The SMILES string of the molecule is CN1CCC(F)(F)C2(CC(N3CCc4cc(C(=O)NO)cnc4C3)C2)C1. The summed E-state index contributed by atoms with van der Waals surface area (Å²) in [6.45, 7) is 2.34. The van der Waals surface area contributed by atoms with Gasteiger partial charge in [0.2, 0.25) is 0 Å². The zero-order valence-corrected chi connectivity index (χ0v) is 14.8. The molecule has 1 aromatic rings. The van der Waals surface area contributed by atoms with Crippen LogP contribution in [0.5, 0.6) is 0 Å². The lowest BCUT2D eigenvalue weighted by Gasteiger charge is -2.58. The molecule has 1 aromatic heterocycles. The van der Waals surface area contributed by atoms with Gasteiger partial charge in [-0.2, -0.15) is 0 Å². The third-order valence-electron chi connectivity index (χ3n) is 6.37. The van der Waals surface area contributed by atoms with Crippen molar-refractivity contribution in [1.82, 2.24) is 20.3 Å². The Balaban J connectivity index is 1.44. The van der Waals surface area contributed by atoms with Crippen LogP contribution in [0.1, 0.15) is 40.9 Å². The molecule has 142 valence electrons. The van der Waals surface area contributed by atoms with Gasteiger partial charge >= 0.3 is 0 Å². The van der Waals surface area contributed by atoms with Crippen LogP contribution in [-0.2, 0) is 13.0 Å². The molecule has 1 spiro atoms. The standard InChI is InChI=1S/C18H24F2N4O2/c1-23-5-3-18(19,20)17(11-23)7-14(8-17)24-4-2-12-6-13(16(25)22-26)9-21-15(12)10-24/h6,9,14,26H,2-5,7-8,10-11H2,1H3,(H,22,25). The molecule has 3 heterocycles. The van der Waals surface area contributed by atoms with Crippen molar-refractivity contribution in [2.75, 3.05) is 26.7 Å². The van der Waals surface area contributed by atoms with Gasteiger partial charge in [0, 0.05) is 50.3 Å². The molecule has 1 aliphatic carbocycles. The van der Waals surface area contributed by atoms with E-state index in [0.717, 1.165) is 24.2 Å². The topological polar surface area (TPSA) is 68.7 Å². The largest absolute Gasteiger partial charge is 0.305 e. The number of nitrogens with one attached hydrogen (secondary N) is 1. The van der Waals surface area contributed by atoms with Crippen LogP contribution in [0.3, 0.4) is 0 Å². The highest BCUT2D eigenvalue weighted by atomic mass is 19.3. The Morgan fingerprint density at radius 3 is 2.88 bits per heavy atom. The molecule has 4 rings (SSSR count). The lowest BCUT2D eigenvalue weighted by Crippen LogP contribution is -2.65. The lowest BCUT2D eigenvalue weighted by atomic mass is 9.58. The van der Waals surface area contributed by atoms with Crippen molar-refractivity contribution in [3.63, 3.8) is 0 Å². The second-order valence-corrected chi connectivity index (χ2v) is 8.03. The first-order chi connectivity index (χ1) is 12.3. The Hall–Kier alpha value is -1.64. The van der Waals surface area contributed by atoms with Crippen LogP contribution in [0.25, 0.3) is 0 Å². The predicted molar refractivity (Wildman–Crippen MR) is 90.1 cm³/mol. The van der Waals surface area contributed by atoms with Gasteiger partial charge in [0.25, 0.3) is 11.8 Å². The van der Waals surface area contributed by atoms with E-state index in [1.54, 1.807) is 11.5 Å². The molecule has 0 unspecified atom stereocenters. The van der Waals surface area contributed by atoms with E-state index < -0.39 is 17.2 Å². The minimum atomic E-state index is -2.57. The number of nitrogens with zero attached hydrogens (tertiary/aromatic N) is 3. The average molecular weight is 366 g/mol. The summed E-state index contributed by atoms with van der Waals surface area (Å²) in [4.78, 5) is 20.1. The van der Waals surface area contributed by atoms with Gasteiger partial charge in [0.1, 0.15) is 0 Å². The Morgan fingerprint density at radius 1 is 1.38 bits per heavy atom. The van der Waals surface area contributed by atoms with E-state index in [1.165, 1.54) is 6.20 Å². The van der Waals surface area contributed by atoms with Crippen molar-refractivity contribution < 1.29 is 18.8 Å². The zero-order valence-electron chi connectivity index (χ0n) is 14.8. The fourth-order valence-corrected chi connectivity index (χ4v) is 4.77. The van der Waals surface area contributed by atoms with Crippen molar-refractivity contribution in [2.45, 2.75) is 44.2 Å². The van der Waals surface area contributed by atoms with Crippen LogP contribution in [-0.4, -0.2) is 64.5 Å². The number of amides is 1. The number of alkyl halides is 2. The number of likely N-dealkylation sites (tertiary alicyclic amines) is 1. The molecule has 0 bridgehead atoms. The smallest absolute Gasteiger partial charge is 0.276 e. The number of pyridine rings is 1. The number of hydrogen-bond acceptors (Lipinski definition) is 5. The molecule has 8 heteroatoms. The van der Waals surface area contributed by atoms with E-state index in [-0.39, 0.29) is 12.5 Å². The summed E-state index contributed by atoms with van der Waals surface area (Å²) in [6.07, 6.45) is 3.20. The van der Waals surface area contributed by atoms with E-state index in [4.69, 9.17) is 5.21 Å². The molecular weight excluding hydrogens is 342 g/mol. The maximum Gasteiger partial charge on any atom is 0.276 e. The summed E-state index contributed by atoms with van der Waals surface area (Å²) in [5.41, 5.74) is 2.94. The fraction of sp³-hybridized carbons (Fsp3) is 0.667. The van der Waals surface area contributed by atoms with Crippen molar-refractivity contribution in [3.8, 4) is 0 Å². The molecule has 2 N–H and O–H groups in total. The summed E-state index contributed by atoms with van der Waals surface area (Å²) in [7, 11) is 1.92. The van der Waals surface area contributed by atoms with Crippen LogP contribution in [0.4, 0.5) is 8.78 Å². The van der Waals surface area contributed by atoms with E-state index in [1.807, 2.05) is 11.9 Å². The number of rotatable bonds is 2. The van der Waals surface area contributed by atoms with Crippen LogP contribution in [0.15, 0.2) is 12.3 Å². The van der Waals surface area contributed by atoms with Crippen LogP contribution < -0.4 is 5.48 Å². The summed E-state index contributed by atoms with van der Waals surface area (Å²) in [6, 6.07) is 1.92. The van der Waals surface area contributed by atoms with E-state index in [0.29, 0.717) is 38.0 Å². The molecule has 6 nitrogen and oxygen atoms in total. The molecule has 1 saturated heterocycles. The number of hydrogen-bond donors (Lipinski definition) is 2. The van der Waals surface area contributed by atoms with Gasteiger partial charge < -0.3 is 4.90 Å². The molecule has 1 saturated carbocycles.